The summed E-state index contributed by atoms with van der Waals surface area (Å²) < 4.78 is 16.4. The van der Waals surface area contributed by atoms with Crippen molar-refractivity contribution in [1.82, 2.24) is 0 Å². The van der Waals surface area contributed by atoms with Gasteiger partial charge in [0.1, 0.15) is 23.9 Å². The van der Waals surface area contributed by atoms with Crippen LogP contribution in [0.25, 0.3) is 6.08 Å². The Morgan fingerprint density at radius 3 is 2.18 bits per heavy atom. The minimum absolute atomic E-state index is 0.134. The first kappa shape index (κ1) is 19.2. The summed E-state index contributed by atoms with van der Waals surface area (Å²) in [6.45, 7) is 0.405. The first-order chi connectivity index (χ1) is 13.7. The number of hydrogen-bond donors (Lipinski definition) is 0. The molecule has 0 aliphatic rings. The number of carbonyl (C=O) groups excluding carboxylic acids is 1. The third-order valence-corrected chi connectivity index (χ3v) is 4.19. The van der Waals surface area contributed by atoms with Crippen LogP contribution in [0.4, 0.5) is 0 Å². The van der Waals surface area contributed by atoms with E-state index < -0.39 is 0 Å². The number of carbonyl (C=O) groups is 1. The molecule has 0 unspecified atom stereocenters. The zero-order chi connectivity index (χ0) is 19.8. The smallest absolute Gasteiger partial charge is 0.189 e. The van der Waals surface area contributed by atoms with Gasteiger partial charge in [0.25, 0.3) is 0 Å². The van der Waals surface area contributed by atoms with Crippen molar-refractivity contribution in [2.24, 2.45) is 0 Å². The highest BCUT2D eigenvalue weighted by atomic mass is 16.5. The van der Waals surface area contributed by atoms with Crippen molar-refractivity contribution < 1.29 is 19.0 Å². The Morgan fingerprint density at radius 2 is 1.50 bits per heavy atom. The molecule has 0 aliphatic heterocycles. The Kier molecular flexibility index (Phi) is 6.47. The molecule has 0 spiro atoms. The molecule has 142 valence electrons. The van der Waals surface area contributed by atoms with Crippen molar-refractivity contribution in [3.05, 3.63) is 95.6 Å². The highest BCUT2D eigenvalue weighted by molar-refractivity contribution is 6.08. The summed E-state index contributed by atoms with van der Waals surface area (Å²) in [4.78, 5) is 12.7. The van der Waals surface area contributed by atoms with Gasteiger partial charge in [-0.05, 0) is 41.5 Å². The number of allylic oxidation sites excluding steroid dienone is 1. The van der Waals surface area contributed by atoms with E-state index in [0.717, 1.165) is 11.1 Å². The van der Waals surface area contributed by atoms with Gasteiger partial charge < -0.3 is 14.2 Å². The van der Waals surface area contributed by atoms with Crippen LogP contribution in [0.3, 0.4) is 0 Å². The van der Waals surface area contributed by atoms with Crippen LogP contribution in [0.15, 0.2) is 78.9 Å². The molecule has 0 N–H and O–H groups in total. The van der Waals surface area contributed by atoms with Crippen molar-refractivity contribution in [3.63, 3.8) is 0 Å². The van der Waals surface area contributed by atoms with E-state index in [9.17, 15) is 4.79 Å². The van der Waals surface area contributed by atoms with Crippen LogP contribution in [-0.2, 0) is 6.61 Å². The normalized spacial score (nSPS) is 10.6. The predicted octanol–water partition coefficient (Wildman–Crippen LogP) is 5.18. The summed E-state index contributed by atoms with van der Waals surface area (Å²) in [5.41, 5.74) is 2.38. The van der Waals surface area contributed by atoms with Crippen molar-refractivity contribution >= 4 is 11.9 Å². The molecule has 28 heavy (non-hydrogen) atoms. The fourth-order valence-electron chi connectivity index (χ4n) is 2.72. The fraction of sp³-hybridized carbons (Fsp3) is 0.125. The molecule has 0 fully saturated rings. The summed E-state index contributed by atoms with van der Waals surface area (Å²) in [6, 6.07) is 22.6. The number of benzene rings is 3. The molecule has 0 saturated heterocycles. The zero-order valence-electron chi connectivity index (χ0n) is 15.9. The van der Waals surface area contributed by atoms with Gasteiger partial charge >= 0.3 is 0 Å². The number of rotatable bonds is 8. The van der Waals surface area contributed by atoms with Gasteiger partial charge in [0.05, 0.1) is 19.8 Å². The average Bonchev–Trinajstić information content (AvgIpc) is 2.76. The van der Waals surface area contributed by atoms with Crippen molar-refractivity contribution in [2.45, 2.75) is 6.61 Å². The van der Waals surface area contributed by atoms with Gasteiger partial charge in [-0.25, -0.2) is 0 Å². The van der Waals surface area contributed by atoms with Crippen LogP contribution in [0, 0.1) is 0 Å². The number of hydrogen-bond acceptors (Lipinski definition) is 4. The van der Waals surface area contributed by atoms with E-state index in [2.05, 4.69) is 0 Å². The van der Waals surface area contributed by atoms with Gasteiger partial charge in [0.2, 0.25) is 0 Å². The minimum Gasteiger partial charge on any atom is -0.497 e. The third kappa shape index (κ3) is 5.01. The summed E-state index contributed by atoms with van der Waals surface area (Å²) in [5.74, 6) is 1.76. The number of para-hydroxylation sites is 1. The second-order valence-corrected chi connectivity index (χ2v) is 6.11. The van der Waals surface area contributed by atoms with E-state index >= 15 is 0 Å². The molecule has 0 bridgehead atoms. The van der Waals surface area contributed by atoms with Crippen molar-refractivity contribution in [3.8, 4) is 17.2 Å². The molecule has 4 nitrogen and oxygen atoms in total. The van der Waals surface area contributed by atoms with Gasteiger partial charge in [0, 0.05) is 6.07 Å². The fourth-order valence-corrected chi connectivity index (χ4v) is 2.72. The summed E-state index contributed by atoms with van der Waals surface area (Å²) in [7, 11) is 3.18. The number of ether oxygens (including phenoxy) is 3. The lowest BCUT2D eigenvalue weighted by atomic mass is 10.1. The maximum absolute atomic E-state index is 12.7. The average molecular weight is 374 g/mol. The molecule has 0 amide bonds. The highest BCUT2D eigenvalue weighted by Crippen LogP contribution is 2.24. The topological polar surface area (TPSA) is 44.8 Å². The van der Waals surface area contributed by atoms with E-state index in [1.54, 1.807) is 38.5 Å². The molecule has 4 heteroatoms. The Bertz CT molecular complexity index is 939. The lowest BCUT2D eigenvalue weighted by Gasteiger charge is -2.10. The van der Waals surface area contributed by atoms with Crippen LogP contribution < -0.4 is 14.2 Å². The molecule has 3 rings (SSSR count). The molecular formula is C24H22O4. The molecular weight excluding hydrogens is 352 g/mol. The Balaban J connectivity index is 1.77. The van der Waals surface area contributed by atoms with Crippen molar-refractivity contribution in [1.29, 1.82) is 0 Å². The first-order valence-electron chi connectivity index (χ1n) is 8.91. The third-order valence-electron chi connectivity index (χ3n) is 4.19. The SMILES string of the molecule is COc1cc(/C=C/C(=O)c2ccccc2OCc2ccccc2)cc(OC)c1. The monoisotopic (exact) mass is 374 g/mol. The van der Waals surface area contributed by atoms with Crippen LogP contribution >= 0.6 is 0 Å². The van der Waals surface area contributed by atoms with E-state index in [-0.39, 0.29) is 5.78 Å². The molecule has 0 atom stereocenters. The van der Waals surface area contributed by atoms with E-state index in [0.29, 0.717) is 29.4 Å². The van der Waals surface area contributed by atoms with Gasteiger partial charge in [0.15, 0.2) is 5.78 Å². The Hall–Kier alpha value is -3.53. The van der Waals surface area contributed by atoms with Crippen LogP contribution in [0.1, 0.15) is 21.5 Å². The Labute approximate surface area is 165 Å². The van der Waals surface area contributed by atoms with Crippen LogP contribution in [-0.4, -0.2) is 20.0 Å². The highest BCUT2D eigenvalue weighted by Gasteiger charge is 2.10. The molecule has 0 radical (unpaired) electrons. The van der Waals surface area contributed by atoms with E-state index in [4.69, 9.17) is 14.2 Å². The Morgan fingerprint density at radius 1 is 0.857 bits per heavy atom. The lowest BCUT2D eigenvalue weighted by Crippen LogP contribution is -2.02. The molecule has 0 aliphatic carbocycles. The summed E-state index contributed by atoms with van der Waals surface area (Å²) >= 11 is 0. The summed E-state index contributed by atoms with van der Waals surface area (Å²) in [5, 5.41) is 0. The predicted molar refractivity (Wildman–Crippen MR) is 110 cm³/mol. The van der Waals surface area contributed by atoms with Crippen LogP contribution in [0.5, 0.6) is 17.2 Å². The number of ketones is 1. The van der Waals surface area contributed by atoms with E-state index in [1.165, 1.54) is 6.08 Å². The summed E-state index contributed by atoms with van der Waals surface area (Å²) in [6.07, 6.45) is 3.26. The van der Waals surface area contributed by atoms with Gasteiger partial charge in [-0.1, -0.05) is 48.5 Å². The first-order valence-corrected chi connectivity index (χ1v) is 8.91. The zero-order valence-corrected chi connectivity index (χ0v) is 15.9. The maximum Gasteiger partial charge on any atom is 0.189 e. The van der Waals surface area contributed by atoms with Gasteiger partial charge in [-0.2, -0.15) is 0 Å². The molecule has 0 saturated carbocycles. The molecule has 0 aromatic heterocycles. The standard InChI is InChI=1S/C24H22O4/c1-26-20-14-19(15-21(16-20)27-2)12-13-23(25)22-10-6-7-11-24(22)28-17-18-8-4-3-5-9-18/h3-16H,17H2,1-2H3/b13-12+. The maximum atomic E-state index is 12.7. The van der Waals surface area contributed by atoms with E-state index in [1.807, 2.05) is 54.6 Å². The molecule has 3 aromatic carbocycles. The second kappa shape index (κ2) is 9.42. The van der Waals surface area contributed by atoms with Gasteiger partial charge in [-0.3, -0.25) is 4.79 Å². The van der Waals surface area contributed by atoms with Crippen molar-refractivity contribution in [2.75, 3.05) is 14.2 Å². The van der Waals surface area contributed by atoms with Crippen LogP contribution in [0.2, 0.25) is 0 Å². The lowest BCUT2D eigenvalue weighted by molar-refractivity contribution is 0.104. The minimum atomic E-state index is -0.134. The van der Waals surface area contributed by atoms with Gasteiger partial charge in [-0.15, -0.1) is 0 Å². The number of methoxy groups -OCH3 is 2. The largest absolute Gasteiger partial charge is 0.497 e. The second-order valence-electron chi connectivity index (χ2n) is 6.11. The quantitative estimate of drug-likeness (QED) is 0.403. The molecule has 0 heterocycles. The molecule has 3 aromatic rings.